The second-order valence-corrected chi connectivity index (χ2v) is 8.52. The van der Waals surface area contributed by atoms with Crippen molar-refractivity contribution in [2.24, 2.45) is 17.8 Å². The van der Waals surface area contributed by atoms with Gasteiger partial charge < -0.3 is 4.74 Å². The van der Waals surface area contributed by atoms with E-state index in [0.29, 0.717) is 0 Å². The Balaban J connectivity index is 1.61. The molecule has 2 aromatic rings. The maximum Gasteiger partial charge on any atom is 0.172 e. The van der Waals surface area contributed by atoms with E-state index in [0.717, 1.165) is 41.5 Å². The van der Waals surface area contributed by atoms with Crippen LogP contribution in [0, 0.1) is 29.4 Å². The van der Waals surface area contributed by atoms with Gasteiger partial charge in [-0.25, -0.2) is 8.78 Å². The van der Waals surface area contributed by atoms with Crippen LogP contribution in [0.1, 0.15) is 56.9 Å². The summed E-state index contributed by atoms with van der Waals surface area (Å²) in [5.74, 6) is 1.99. The molecule has 0 amide bonds. The third kappa shape index (κ3) is 3.61. The summed E-state index contributed by atoms with van der Waals surface area (Å²) in [5, 5.41) is 1.03. The van der Waals surface area contributed by atoms with E-state index < -0.39 is 5.82 Å². The Morgan fingerprint density at radius 2 is 1.85 bits per heavy atom. The van der Waals surface area contributed by atoms with Crippen LogP contribution in [0.3, 0.4) is 0 Å². The maximum absolute atomic E-state index is 14.9. The number of ether oxygens (including phenoxy) is 1. The minimum atomic E-state index is -0.496. The standard InChI is InChI=1S/C24H28F2O/c1-3-10-27-23-9-8-19-13-20(22(25)14-21(19)24(23)26)18-7-6-16-11-15(2)4-5-17(16)12-18/h3,8-9,13-18H,1,4-7,10-12H2,2H3. The fraction of sp³-hybridized carbons (Fsp3) is 0.500. The van der Waals surface area contributed by atoms with Crippen LogP contribution in [0.2, 0.25) is 0 Å². The van der Waals surface area contributed by atoms with Gasteiger partial charge in [-0.3, -0.25) is 0 Å². The number of hydrogen-bond acceptors (Lipinski definition) is 1. The second kappa shape index (κ2) is 7.61. The van der Waals surface area contributed by atoms with Crippen molar-refractivity contribution in [3.63, 3.8) is 0 Å². The molecule has 0 aliphatic heterocycles. The van der Waals surface area contributed by atoms with Crippen LogP contribution >= 0.6 is 0 Å². The molecule has 2 saturated carbocycles. The summed E-state index contributed by atoms with van der Waals surface area (Å²) in [7, 11) is 0. The lowest BCUT2D eigenvalue weighted by molar-refractivity contribution is 0.124. The highest BCUT2D eigenvalue weighted by molar-refractivity contribution is 5.85. The first kappa shape index (κ1) is 18.5. The summed E-state index contributed by atoms with van der Waals surface area (Å²) < 4.78 is 34.9. The largest absolute Gasteiger partial charge is 0.486 e. The minimum Gasteiger partial charge on any atom is -0.486 e. The van der Waals surface area contributed by atoms with E-state index in [1.807, 2.05) is 12.1 Å². The molecule has 2 aliphatic carbocycles. The molecule has 0 heterocycles. The van der Waals surface area contributed by atoms with Crippen molar-refractivity contribution >= 4 is 10.8 Å². The van der Waals surface area contributed by atoms with Crippen LogP contribution < -0.4 is 4.74 Å². The van der Waals surface area contributed by atoms with Gasteiger partial charge in [0.15, 0.2) is 11.6 Å². The Morgan fingerprint density at radius 1 is 1.07 bits per heavy atom. The molecule has 0 saturated heterocycles. The molecule has 2 fully saturated rings. The molecule has 0 radical (unpaired) electrons. The van der Waals surface area contributed by atoms with Gasteiger partial charge in [-0.15, -0.1) is 0 Å². The molecule has 4 atom stereocenters. The van der Waals surface area contributed by atoms with Crippen molar-refractivity contribution in [3.05, 3.63) is 54.1 Å². The zero-order valence-electron chi connectivity index (χ0n) is 16.0. The molecule has 3 heteroatoms. The van der Waals surface area contributed by atoms with Crippen molar-refractivity contribution in [3.8, 4) is 5.75 Å². The van der Waals surface area contributed by atoms with Crippen LogP contribution in [0.5, 0.6) is 5.75 Å². The molecule has 0 N–H and O–H groups in total. The average Bonchev–Trinajstić information content (AvgIpc) is 2.67. The molecular weight excluding hydrogens is 342 g/mol. The van der Waals surface area contributed by atoms with E-state index in [1.54, 1.807) is 12.1 Å². The molecule has 0 spiro atoms. The first-order valence-corrected chi connectivity index (χ1v) is 10.2. The fourth-order valence-corrected chi connectivity index (χ4v) is 5.29. The quantitative estimate of drug-likeness (QED) is 0.526. The van der Waals surface area contributed by atoms with Crippen LogP contribution in [0.4, 0.5) is 8.78 Å². The average molecular weight is 370 g/mol. The SMILES string of the molecule is C=CCOc1ccc2cc(C3CCC4CC(C)CCC4C3)c(F)cc2c1F. The summed E-state index contributed by atoms with van der Waals surface area (Å²) in [5.41, 5.74) is 0.763. The molecule has 2 aromatic carbocycles. The highest BCUT2D eigenvalue weighted by Gasteiger charge is 2.35. The molecule has 0 bridgehead atoms. The maximum atomic E-state index is 14.9. The lowest BCUT2D eigenvalue weighted by Crippen LogP contribution is -2.29. The molecule has 0 aromatic heterocycles. The van der Waals surface area contributed by atoms with Crippen molar-refractivity contribution in [1.29, 1.82) is 0 Å². The summed E-state index contributed by atoms with van der Waals surface area (Å²) in [6.45, 7) is 6.15. The van der Waals surface area contributed by atoms with Gasteiger partial charge in [0.05, 0.1) is 0 Å². The summed E-state index contributed by atoms with van der Waals surface area (Å²) in [6.07, 6.45) is 8.77. The third-order valence-corrected chi connectivity index (χ3v) is 6.71. The van der Waals surface area contributed by atoms with Gasteiger partial charge in [0, 0.05) is 5.39 Å². The van der Waals surface area contributed by atoms with E-state index in [4.69, 9.17) is 4.74 Å². The van der Waals surface area contributed by atoms with Gasteiger partial charge in [-0.05, 0) is 84.9 Å². The van der Waals surface area contributed by atoms with E-state index in [2.05, 4.69) is 13.5 Å². The summed E-state index contributed by atoms with van der Waals surface area (Å²) in [6, 6.07) is 6.67. The lowest BCUT2D eigenvalue weighted by atomic mass is 9.64. The van der Waals surface area contributed by atoms with Crippen molar-refractivity contribution < 1.29 is 13.5 Å². The molecule has 27 heavy (non-hydrogen) atoms. The number of fused-ring (bicyclic) bond motifs is 2. The number of benzene rings is 2. The van der Waals surface area contributed by atoms with Gasteiger partial charge >= 0.3 is 0 Å². The molecular formula is C24H28F2O. The second-order valence-electron chi connectivity index (χ2n) is 8.52. The topological polar surface area (TPSA) is 9.23 Å². The zero-order valence-corrected chi connectivity index (χ0v) is 16.0. The predicted octanol–water partition coefficient (Wildman–Crippen LogP) is 7.00. The van der Waals surface area contributed by atoms with Gasteiger partial charge in [-0.2, -0.15) is 0 Å². The Bertz CT molecular complexity index is 844. The smallest absolute Gasteiger partial charge is 0.172 e. The van der Waals surface area contributed by atoms with E-state index in [1.165, 1.54) is 31.7 Å². The Morgan fingerprint density at radius 3 is 2.67 bits per heavy atom. The van der Waals surface area contributed by atoms with Gasteiger partial charge in [0.2, 0.25) is 0 Å². The number of hydrogen-bond donors (Lipinski definition) is 0. The van der Waals surface area contributed by atoms with Gasteiger partial charge in [0.25, 0.3) is 0 Å². The van der Waals surface area contributed by atoms with Crippen molar-refractivity contribution in [2.45, 2.75) is 51.4 Å². The fourth-order valence-electron chi connectivity index (χ4n) is 5.29. The molecule has 1 nitrogen and oxygen atoms in total. The zero-order chi connectivity index (χ0) is 19.0. The molecule has 4 unspecified atom stereocenters. The van der Waals surface area contributed by atoms with Gasteiger partial charge in [0.1, 0.15) is 12.4 Å². The molecule has 4 rings (SSSR count). The number of halogens is 2. The summed E-state index contributed by atoms with van der Waals surface area (Å²) >= 11 is 0. The monoisotopic (exact) mass is 370 g/mol. The normalized spacial score (nSPS) is 28.0. The Hall–Kier alpha value is -1.90. The minimum absolute atomic E-state index is 0.145. The number of rotatable bonds is 4. The van der Waals surface area contributed by atoms with E-state index in [-0.39, 0.29) is 29.5 Å². The van der Waals surface area contributed by atoms with Crippen molar-refractivity contribution in [2.75, 3.05) is 6.61 Å². The van der Waals surface area contributed by atoms with E-state index >= 15 is 0 Å². The first-order valence-electron chi connectivity index (χ1n) is 10.2. The Labute approximate surface area is 160 Å². The highest BCUT2D eigenvalue weighted by atomic mass is 19.1. The lowest BCUT2D eigenvalue weighted by Gasteiger charge is -2.41. The van der Waals surface area contributed by atoms with E-state index in [9.17, 15) is 8.78 Å². The van der Waals surface area contributed by atoms with Gasteiger partial charge in [-0.1, -0.05) is 32.1 Å². The van der Waals surface area contributed by atoms with Crippen LogP contribution in [-0.4, -0.2) is 6.61 Å². The molecule has 2 aliphatic rings. The van der Waals surface area contributed by atoms with Crippen molar-refractivity contribution in [1.82, 2.24) is 0 Å². The first-order chi connectivity index (χ1) is 13.1. The highest BCUT2D eigenvalue weighted by Crippen LogP contribution is 2.48. The predicted molar refractivity (Wildman–Crippen MR) is 106 cm³/mol. The Kier molecular flexibility index (Phi) is 5.21. The van der Waals surface area contributed by atoms with Crippen LogP contribution in [-0.2, 0) is 0 Å². The van der Waals surface area contributed by atoms with Crippen LogP contribution in [0.25, 0.3) is 10.8 Å². The third-order valence-electron chi connectivity index (χ3n) is 6.71. The molecule has 144 valence electrons. The summed E-state index contributed by atoms with van der Waals surface area (Å²) in [4.78, 5) is 0. The van der Waals surface area contributed by atoms with Crippen LogP contribution in [0.15, 0.2) is 36.9 Å².